The molecule has 0 atom stereocenters. The predicted octanol–water partition coefficient (Wildman–Crippen LogP) is 1.75. The maximum atomic E-state index is 11.3. The van der Waals surface area contributed by atoms with E-state index in [-0.39, 0.29) is 0 Å². The van der Waals surface area contributed by atoms with E-state index in [1.165, 1.54) is 11.3 Å². The molecule has 0 radical (unpaired) electrons. The van der Waals surface area contributed by atoms with Crippen LogP contribution in [0.1, 0.15) is 18.4 Å². The van der Waals surface area contributed by atoms with E-state index < -0.39 is 10.8 Å². The van der Waals surface area contributed by atoms with Gasteiger partial charge in [-0.3, -0.25) is 4.21 Å². The number of anilines is 1. The van der Waals surface area contributed by atoms with Crippen LogP contribution < -0.4 is 10.2 Å². The molecule has 1 aliphatic heterocycles. The van der Waals surface area contributed by atoms with Gasteiger partial charge in [0, 0.05) is 54.7 Å². The highest BCUT2D eigenvalue weighted by molar-refractivity contribution is 7.85. The molecule has 1 saturated heterocycles. The molecule has 1 aromatic rings. The highest BCUT2D eigenvalue weighted by Crippen LogP contribution is 2.13. The Morgan fingerprint density at radius 3 is 2.39 bits per heavy atom. The Morgan fingerprint density at radius 2 is 1.83 bits per heavy atom. The molecular weight excluding hydrogens is 244 g/mol. The molecule has 0 spiro atoms. The maximum absolute atomic E-state index is 11.3. The monoisotopic (exact) mass is 266 g/mol. The SMILES string of the molecule is CN(C)c1ccc(CNC2CCS(=O)CC2)cc1. The Balaban J connectivity index is 1.81. The van der Waals surface area contributed by atoms with Gasteiger partial charge in [-0.15, -0.1) is 0 Å². The van der Waals surface area contributed by atoms with Crippen LogP contribution in [-0.2, 0) is 17.3 Å². The minimum absolute atomic E-state index is 0.538. The van der Waals surface area contributed by atoms with Gasteiger partial charge in [-0.2, -0.15) is 0 Å². The van der Waals surface area contributed by atoms with Crippen molar-refractivity contribution in [2.24, 2.45) is 0 Å². The quantitative estimate of drug-likeness (QED) is 0.901. The zero-order valence-corrected chi connectivity index (χ0v) is 12.0. The summed E-state index contributed by atoms with van der Waals surface area (Å²) in [5, 5.41) is 3.56. The third-order valence-electron chi connectivity index (χ3n) is 3.44. The Kier molecular flexibility index (Phi) is 4.78. The molecule has 0 saturated carbocycles. The zero-order chi connectivity index (χ0) is 13.0. The van der Waals surface area contributed by atoms with E-state index in [4.69, 9.17) is 0 Å². The fourth-order valence-corrected chi connectivity index (χ4v) is 3.47. The summed E-state index contributed by atoms with van der Waals surface area (Å²) in [4.78, 5) is 2.10. The summed E-state index contributed by atoms with van der Waals surface area (Å²) in [6.45, 7) is 0.908. The topological polar surface area (TPSA) is 32.3 Å². The van der Waals surface area contributed by atoms with Gasteiger partial charge in [-0.05, 0) is 30.5 Å². The lowest BCUT2D eigenvalue weighted by Gasteiger charge is -2.22. The van der Waals surface area contributed by atoms with Gasteiger partial charge in [0.2, 0.25) is 0 Å². The van der Waals surface area contributed by atoms with Crippen LogP contribution >= 0.6 is 0 Å². The molecule has 1 aliphatic rings. The van der Waals surface area contributed by atoms with Gasteiger partial charge in [0.1, 0.15) is 0 Å². The summed E-state index contributed by atoms with van der Waals surface area (Å²) in [5.41, 5.74) is 2.54. The third-order valence-corrected chi connectivity index (χ3v) is 4.82. The van der Waals surface area contributed by atoms with Crippen molar-refractivity contribution in [1.82, 2.24) is 5.32 Å². The first-order chi connectivity index (χ1) is 8.65. The summed E-state index contributed by atoms with van der Waals surface area (Å²) in [6.07, 6.45) is 2.09. The van der Waals surface area contributed by atoms with Crippen molar-refractivity contribution in [3.05, 3.63) is 29.8 Å². The highest BCUT2D eigenvalue weighted by Gasteiger charge is 2.16. The third kappa shape index (κ3) is 3.82. The summed E-state index contributed by atoms with van der Waals surface area (Å²) in [5.74, 6) is 1.72. The summed E-state index contributed by atoms with van der Waals surface area (Å²) in [6, 6.07) is 9.17. The van der Waals surface area contributed by atoms with Gasteiger partial charge in [0.15, 0.2) is 0 Å². The predicted molar refractivity (Wildman–Crippen MR) is 78.5 cm³/mol. The van der Waals surface area contributed by atoms with Crippen molar-refractivity contribution in [1.29, 1.82) is 0 Å². The molecule has 1 aromatic carbocycles. The van der Waals surface area contributed by atoms with Crippen molar-refractivity contribution in [2.45, 2.75) is 25.4 Å². The van der Waals surface area contributed by atoms with Crippen molar-refractivity contribution >= 4 is 16.5 Å². The van der Waals surface area contributed by atoms with Crippen molar-refractivity contribution in [3.63, 3.8) is 0 Å². The van der Waals surface area contributed by atoms with Crippen molar-refractivity contribution < 1.29 is 4.21 Å². The minimum Gasteiger partial charge on any atom is -0.378 e. The summed E-state index contributed by atoms with van der Waals surface area (Å²) < 4.78 is 11.3. The second-order valence-electron chi connectivity index (χ2n) is 5.06. The number of nitrogens with one attached hydrogen (secondary N) is 1. The van der Waals surface area contributed by atoms with Gasteiger partial charge in [0.25, 0.3) is 0 Å². The molecule has 100 valence electrons. The molecule has 2 rings (SSSR count). The largest absolute Gasteiger partial charge is 0.378 e. The molecular formula is C14H22N2OS. The molecule has 18 heavy (non-hydrogen) atoms. The molecule has 1 N–H and O–H groups in total. The normalized spacial score (nSPS) is 23.9. The van der Waals surface area contributed by atoms with Gasteiger partial charge >= 0.3 is 0 Å². The van der Waals surface area contributed by atoms with Gasteiger partial charge in [-0.25, -0.2) is 0 Å². The van der Waals surface area contributed by atoms with Crippen LogP contribution in [0.4, 0.5) is 5.69 Å². The van der Waals surface area contributed by atoms with Crippen LogP contribution in [0, 0.1) is 0 Å². The van der Waals surface area contributed by atoms with E-state index in [1.807, 2.05) is 0 Å². The summed E-state index contributed by atoms with van der Waals surface area (Å²) in [7, 11) is 3.54. The lowest BCUT2D eigenvalue weighted by molar-refractivity contribution is 0.475. The minimum atomic E-state index is -0.563. The van der Waals surface area contributed by atoms with Gasteiger partial charge in [-0.1, -0.05) is 12.1 Å². The van der Waals surface area contributed by atoms with Gasteiger partial charge in [0.05, 0.1) is 0 Å². The lowest BCUT2D eigenvalue weighted by atomic mass is 10.1. The number of hydrogen-bond donors (Lipinski definition) is 1. The molecule has 0 amide bonds. The van der Waals surface area contributed by atoms with Crippen LogP contribution in [0.5, 0.6) is 0 Å². The maximum Gasteiger partial charge on any atom is 0.0361 e. The van der Waals surface area contributed by atoms with Crippen LogP contribution in [0.25, 0.3) is 0 Å². The Bertz CT molecular complexity index is 393. The van der Waals surface area contributed by atoms with E-state index in [0.29, 0.717) is 6.04 Å². The number of rotatable bonds is 4. The van der Waals surface area contributed by atoms with Crippen molar-refractivity contribution in [2.75, 3.05) is 30.5 Å². The Morgan fingerprint density at radius 1 is 1.22 bits per heavy atom. The summed E-state index contributed by atoms with van der Waals surface area (Å²) >= 11 is 0. The van der Waals surface area contributed by atoms with Crippen LogP contribution in [-0.4, -0.2) is 35.9 Å². The molecule has 1 heterocycles. The average molecular weight is 266 g/mol. The smallest absolute Gasteiger partial charge is 0.0361 e. The molecule has 4 heteroatoms. The Hall–Kier alpha value is -0.870. The number of nitrogens with zero attached hydrogens (tertiary/aromatic N) is 1. The first-order valence-corrected chi connectivity index (χ1v) is 7.98. The van der Waals surface area contributed by atoms with Crippen LogP contribution in [0.2, 0.25) is 0 Å². The first-order valence-electron chi connectivity index (χ1n) is 6.50. The highest BCUT2D eigenvalue weighted by atomic mass is 32.2. The zero-order valence-electron chi connectivity index (χ0n) is 11.2. The number of hydrogen-bond acceptors (Lipinski definition) is 3. The van der Waals surface area contributed by atoms with Crippen molar-refractivity contribution in [3.8, 4) is 0 Å². The van der Waals surface area contributed by atoms with Crippen LogP contribution in [0.3, 0.4) is 0 Å². The van der Waals surface area contributed by atoms with E-state index in [9.17, 15) is 4.21 Å². The molecule has 0 unspecified atom stereocenters. The second kappa shape index (κ2) is 6.34. The fourth-order valence-electron chi connectivity index (χ4n) is 2.17. The Labute approximate surface area is 112 Å². The fraction of sp³-hybridized carbons (Fsp3) is 0.571. The molecule has 0 aromatic heterocycles. The molecule has 0 bridgehead atoms. The molecule has 1 fully saturated rings. The van der Waals surface area contributed by atoms with E-state index >= 15 is 0 Å². The van der Waals surface area contributed by atoms with Crippen LogP contribution in [0.15, 0.2) is 24.3 Å². The second-order valence-corrected chi connectivity index (χ2v) is 6.76. The van der Waals surface area contributed by atoms with E-state index in [0.717, 1.165) is 30.9 Å². The number of benzene rings is 1. The molecule has 3 nitrogen and oxygen atoms in total. The van der Waals surface area contributed by atoms with Gasteiger partial charge < -0.3 is 10.2 Å². The first kappa shape index (κ1) is 13.6. The lowest BCUT2D eigenvalue weighted by Crippen LogP contribution is -2.35. The standard InChI is InChI=1S/C14H22N2OS/c1-16(2)14-5-3-12(4-6-14)11-15-13-7-9-18(17)10-8-13/h3-6,13,15H,7-11H2,1-2H3. The van der Waals surface area contributed by atoms with E-state index in [2.05, 4.69) is 48.6 Å². The van der Waals surface area contributed by atoms with E-state index in [1.54, 1.807) is 0 Å². The molecule has 0 aliphatic carbocycles. The average Bonchev–Trinajstić information content (AvgIpc) is 2.38.